The number of Topliss-reactive ketones (excluding diaryl/α,β-unsaturated/α-hetero) is 1. The predicted molar refractivity (Wildman–Crippen MR) is 108 cm³/mol. The highest BCUT2D eigenvalue weighted by molar-refractivity contribution is 8.00. The van der Waals surface area contributed by atoms with Crippen molar-refractivity contribution in [3.05, 3.63) is 28.3 Å². The van der Waals surface area contributed by atoms with Crippen LogP contribution in [0.25, 0.3) is 0 Å². The molecule has 1 saturated carbocycles. The molecule has 1 N–H and O–H groups in total. The number of carbonyl (C=O) groups excluding carboxylic acids is 2. The van der Waals surface area contributed by atoms with Crippen molar-refractivity contribution in [1.82, 2.24) is 19.7 Å². The van der Waals surface area contributed by atoms with Crippen LogP contribution in [-0.4, -0.2) is 43.9 Å². The Labute approximate surface area is 169 Å². The van der Waals surface area contributed by atoms with Crippen LogP contribution in [0.4, 0.5) is 0 Å². The molecule has 8 heteroatoms. The number of rotatable bonds is 6. The third kappa shape index (κ3) is 3.87. The Bertz CT molecular complexity index is 880. The number of methoxy groups -OCH3 is 1. The Kier molecular flexibility index (Phi) is 6.27. The van der Waals surface area contributed by atoms with Crippen LogP contribution in [-0.2, 0) is 4.74 Å². The summed E-state index contributed by atoms with van der Waals surface area (Å²) in [5.41, 5.74) is 2.17. The molecule has 1 aliphatic carbocycles. The van der Waals surface area contributed by atoms with Crippen LogP contribution in [0.5, 0.6) is 0 Å². The van der Waals surface area contributed by atoms with Crippen LogP contribution < -0.4 is 0 Å². The molecule has 1 fully saturated rings. The molecule has 0 aromatic carbocycles. The van der Waals surface area contributed by atoms with Crippen LogP contribution in [0.2, 0.25) is 0 Å². The van der Waals surface area contributed by atoms with Gasteiger partial charge in [-0.15, -0.1) is 10.2 Å². The maximum absolute atomic E-state index is 13.1. The molecule has 0 amide bonds. The third-order valence-corrected chi connectivity index (χ3v) is 6.56. The molecule has 152 valence electrons. The van der Waals surface area contributed by atoms with E-state index in [2.05, 4.69) is 19.7 Å². The molecule has 2 aromatic heterocycles. The SMILES string of the molecule is COC(=O)c1c(C)[nH]c(C(=O)[C@@H](C)Sc2nnc(C)n2C2CCCCC2)c1C. The van der Waals surface area contributed by atoms with Gasteiger partial charge in [0, 0.05) is 11.7 Å². The normalized spacial score (nSPS) is 16.2. The quantitative estimate of drug-likeness (QED) is 0.441. The first-order valence-corrected chi connectivity index (χ1v) is 10.6. The van der Waals surface area contributed by atoms with Crippen molar-refractivity contribution in [2.75, 3.05) is 7.11 Å². The second kappa shape index (κ2) is 8.51. The molecule has 2 heterocycles. The number of ketones is 1. The molecule has 7 nitrogen and oxygen atoms in total. The molecule has 0 unspecified atom stereocenters. The number of nitrogens with one attached hydrogen (secondary N) is 1. The van der Waals surface area contributed by atoms with Gasteiger partial charge in [-0.2, -0.15) is 0 Å². The first-order chi connectivity index (χ1) is 13.3. The van der Waals surface area contributed by atoms with Crippen molar-refractivity contribution in [3.8, 4) is 0 Å². The van der Waals surface area contributed by atoms with E-state index in [1.807, 2.05) is 13.8 Å². The molecule has 1 aliphatic rings. The second-order valence-corrected chi connectivity index (χ2v) is 8.74. The van der Waals surface area contributed by atoms with E-state index in [0.29, 0.717) is 28.6 Å². The summed E-state index contributed by atoms with van der Waals surface area (Å²) in [6.07, 6.45) is 5.98. The molecule has 0 bridgehead atoms. The van der Waals surface area contributed by atoms with Crippen LogP contribution in [0.1, 0.15) is 83.0 Å². The fourth-order valence-electron chi connectivity index (χ4n) is 4.01. The first-order valence-electron chi connectivity index (χ1n) is 9.75. The average Bonchev–Trinajstić information content (AvgIpc) is 3.20. The van der Waals surface area contributed by atoms with Crippen LogP contribution in [0, 0.1) is 20.8 Å². The minimum Gasteiger partial charge on any atom is -0.465 e. The van der Waals surface area contributed by atoms with Gasteiger partial charge in [0.2, 0.25) is 0 Å². The molecule has 2 aromatic rings. The molecule has 0 saturated heterocycles. The molecular formula is C20H28N4O3S. The summed E-state index contributed by atoms with van der Waals surface area (Å²) < 4.78 is 7.03. The van der Waals surface area contributed by atoms with E-state index in [0.717, 1.165) is 23.8 Å². The van der Waals surface area contributed by atoms with Gasteiger partial charge in [0.05, 0.1) is 23.6 Å². The molecular weight excluding hydrogens is 376 g/mol. The lowest BCUT2D eigenvalue weighted by molar-refractivity contribution is 0.0599. The molecule has 0 aliphatic heterocycles. The number of carbonyl (C=O) groups is 2. The van der Waals surface area contributed by atoms with E-state index in [-0.39, 0.29) is 11.0 Å². The van der Waals surface area contributed by atoms with Gasteiger partial charge in [-0.3, -0.25) is 4.79 Å². The van der Waals surface area contributed by atoms with Gasteiger partial charge in [0.1, 0.15) is 5.82 Å². The van der Waals surface area contributed by atoms with Gasteiger partial charge < -0.3 is 14.3 Å². The minimum atomic E-state index is -0.432. The lowest BCUT2D eigenvalue weighted by Gasteiger charge is -2.25. The largest absolute Gasteiger partial charge is 0.465 e. The van der Waals surface area contributed by atoms with E-state index in [1.165, 1.54) is 38.1 Å². The minimum absolute atomic E-state index is 0.0587. The van der Waals surface area contributed by atoms with Gasteiger partial charge in [0.25, 0.3) is 0 Å². The highest BCUT2D eigenvalue weighted by Crippen LogP contribution is 2.34. The number of ether oxygens (including phenoxy) is 1. The summed E-state index contributed by atoms with van der Waals surface area (Å²) in [6.45, 7) is 7.39. The maximum atomic E-state index is 13.1. The highest BCUT2D eigenvalue weighted by Gasteiger charge is 2.28. The van der Waals surface area contributed by atoms with E-state index in [1.54, 1.807) is 13.8 Å². The fraction of sp³-hybridized carbons (Fsp3) is 0.600. The number of nitrogens with zero attached hydrogens (tertiary/aromatic N) is 3. The van der Waals surface area contributed by atoms with E-state index < -0.39 is 5.97 Å². The molecule has 0 spiro atoms. The molecule has 28 heavy (non-hydrogen) atoms. The number of aromatic nitrogens is 4. The smallest absolute Gasteiger partial charge is 0.339 e. The summed E-state index contributed by atoms with van der Waals surface area (Å²) in [6, 6.07) is 0.411. The number of hydrogen-bond acceptors (Lipinski definition) is 6. The Balaban J connectivity index is 1.82. The van der Waals surface area contributed by atoms with E-state index in [4.69, 9.17) is 4.74 Å². The predicted octanol–water partition coefficient (Wildman–Crippen LogP) is 4.19. The Morgan fingerprint density at radius 2 is 1.86 bits per heavy atom. The molecule has 1 atom stereocenters. The summed E-state index contributed by atoms with van der Waals surface area (Å²) in [5.74, 6) is 0.406. The number of hydrogen-bond donors (Lipinski definition) is 1. The number of esters is 1. The Morgan fingerprint density at radius 3 is 2.50 bits per heavy atom. The number of aromatic amines is 1. The van der Waals surface area contributed by atoms with E-state index >= 15 is 0 Å². The first kappa shape index (κ1) is 20.6. The lowest BCUT2D eigenvalue weighted by atomic mass is 9.95. The maximum Gasteiger partial charge on any atom is 0.339 e. The second-order valence-electron chi connectivity index (χ2n) is 7.43. The molecule has 0 radical (unpaired) electrons. The number of aryl methyl sites for hydroxylation is 2. The van der Waals surface area contributed by atoms with Crippen LogP contribution in [0.15, 0.2) is 5.16 Å². The third-order valence-electron chi connectivity index (χ3n) is 5.50. The van der Waals surface area contributed by atoms with Crippen LogP contribution >= 0.6 is 11.8 Å². The topological polar surface area (TPSA) is 89.9 Å². The zero-order chi connectivity index (χ0) is 20.4. The van der Waals surface area contributed by atoms with E-state index in [9.17, 15) is 9.59 Å². The Morgan fingerprint density at radius 1 is 1.18 bits per heavy atom. The monoisotopic (exact) mass is 404 g/mol. The van der Waals surface area contributed by atoms with Crippen molar-refractivity contribution < 1.29 is 14.3 Å². The van der Waals surface area contributed by atoms with Gasteiger partial charge in [-0.05, 0) is 46.1 Å². The summed E-state index contributed by atoms with van der Waals surface area (Å²) in [7, 11) is 1.34. The highest BCUT2D eigenvalue weighted by atomic mass is 32.2. The number of H-pyrrole nitrogens is 1. The Hall–Kier alpha value is -2.09. The van der Waals surface area contributed by atoms with Crippen molar-refractivity contribution in [2.45, 2.75) is 76.2 Å². The zero-order valence-electron chi connectivity index (χ0n) is 17.2. The van der Waals surface area contributed by atoms with Crippen molar-refractivity contribution in [1.29, 1.82) is 0 Å². The van der Waals surface area contributed by atoms with Gasteiger partial charge in [0.15, 0.2) is 10.9 Å². The molecule has 3 rings (SSSR count). The standard InChI is InChI=1S/C20H28N4O3S/c1-11-16(19(26)27-5)12(2)21-17(11)18(25)13(3)28-20-23-22-14(4)24(20)15-9-7-6-8-10-15/h13,15,21H,6-10H2,1-5H3/t13-/m1/s1. The number of thioether (sulfide) groups is 1. The zero-order valence-corrected chi connectivity index (χ0v) is 18.0. The van der Waals surface area contributed by atoms with Crippen molar-refractivity contribution >= 4 is 23.5 Å². The summed E-state index contributed by atoms with van der Waals surface area (Å²) >= 11 is 1.43. The van der Waals surface area contributed by atoms with Crippen LogP contribution in [0.3, 0.4) is 0 Å². The van der Waals surface area contributed by atoms with Crippen molar-refractivity contribution in [2.24, 2.45) is 0 Å². The average molecular weight is 405 g/mol. The van der Waals surface area contributed by atoms with Gasteiger partial charge in [-0.1, -0.05) is 31.0 Å². The van der Waals surface area contributed by atoms with Gasteiger partial charge in [-0.25, -0.2) is 4.79 Å². The lowest BCUT2D eigenvalue weighted by Crippen LogP contribution is -2.19. The van der Waals surface area contributed by atoms with Gasteiger partial charge >= 0.3 is 5.97 Å². The fourth-order valence-corrected chi connectivity index (χ4v) is 5.03. The summed E-state index contributed by atoms with van der Waals surface area (Å²) in [5, 5.41) is 9.03. The van der Waals surface area contributed by atoms with Crippen molar-refractivity contribution in [3.63, 3.8) is 0 Å². The summed E-state index contributed by atoms with van der Waals surface area (Å²) in [4.78, 5) is 28.1.